The Balaban J connectivity index is 1.68. The number of nitrogens with zero attached hydrogens (tertiary/aromatic N) is 4. The molecule has 2 aromatic rings. The summed E-state index contributed by atoms with van der Waals surface area (Å²) in [6.45, 7) is 3.34. The smallest absolute Gasteiger partial charge is 0.222 e. The number of aromatic hydroxyl groups is 1. The lowest BCUT2D eigenvalue weighted by molar-refractivity contribution is 0.0572. The number of aliphatic hydroxyl groups is 2. The first-order chi connectivity index (χ1) is 13.0. The molecule has 9 heteroatoms. The van der Waals surface area contributed by atoms with E-state index in [-0.39, 0.29) is 11.7 Å². The number of benzene rings is 1. The van der Waals surface area contributed by atoms with Crippen LogP contribution in [0.2, 0.25) is 0 Å². The third kappa shape index (κ3) is 3.61. The first kappa shape index (κ1) is 17.8. The summed E-state index contributed by atoms with van der Waals surface area (Å²) in [6, 6.07) is 6.91. The van der Waals surface area contributed by atoms with Gasteiger partial charge in [-0.3, -0.25) is 0 Å². The van der Waals surface area contributed by atoms with Crippen molar-refractivity contribution in [2.75, 3.05) is 54.9 Å². The van der Waals surface area contributed by atoms with E-state index in [2.05, 4.69) is 14.9 Å². The van der Waals surface area contributed by atoms with Crippen molar-refractivity contribution < 1.29 is 20.1 Å². The monoisotopic (exact) mass is 373 g/mol. The van der Waals surface area contributed by atoms with Crippen LogP contribution in [0.5, 0.6) is 5.75 Å². The molecule has 0 bridgehead atoms. The summed E-state index contributed by atoms with van der Waals surface area (Å²) in [4.78, 5) is 12.5. The van der Waals surface area contributed by atoms with Crippen LogP contribution in [0.15, 0.2) is 24.3 Å². The normalized spacial score (nSPS) is 23.0. The Morgan fingerprint density at radius 1 is 1.00 bits per heavy atom. The van der Waals surface area contributed by atoms with E-state index >= 15 is 0 Å². The molecule has 2 saturated heterocycles. The van der Waals surface area contributed by atoms with Crippen molar-refractivity contribution in [3.63, 3.8) is 0 Å². The topological polar surface area (TPSA) is 128 Å². The number of anilines is 3. The SMILES string of the molecule is Nc1nc(-c2cc(N3C[C@H](O)[C@@H](O)C3)ccc2O)cc(N2CCOCC2)n1. The van der Waals surface area contributed by atoms with Crippen LogP contribution in [-0.4, -0.2) is 76.9 Å². The molecule has 144 valence electrons. The summed E-state index contributed by atoms with van der Waals surface area (Å²) in [5, 5.41) is 30.0. The molecule has 1 aromatic heterocycles. The highest BCUT2D eigenvalue weighted by molar-refractivity contribution is 5.74. The number of nitrogens with two attached hydrogens (primary N) is 1. The quantitative estimate of drug-likeness (QED) is 0.579. The molecular weight excluding hydrogens is 350 g/mol. The van der Waals surface area contributed by atoms with E-state index in [0.29, 0.717) is 56.5 Å². The fourth-order valence-corrected chi connectivity index (χ4v) is 3.45. The van der Waals surface area contributed by atoms with E-state index in [4.69, 9.17) is 10.5 Å². The van der Waals surface area contributed by atoms with Gasteiger partial charge in [0, 0.05) is 43.5 Å². The van der Waals surface area contributed by atoms with Crippen LogP contribution < -0.4 is 15.5 Å². The predicted octanol–water partition coefficient (Wildman–Crippen LogP) is -0.190. The molecule has 0 radical (unpaired) electrons. The maximum Gasteiger partial charge on any atom is 0.222 e. The molecule has 3 heterocycles. The molecular formula is C18H23N5O4. The van der Waals surface area contributed by atoms with Gasteiger partial charge >= 0.3 is 0 Å². The molecule has 9 nitrogen and oxygen atoms in total. The molecule has 1 aromatic carbocycles. The number of β-amino-alcohol motifs (C(OH)–C–C–N with tert-alkyl or cyclic N) is 2. The average Bonchev–Trinajstić information content (AvgIpc) is 3.01. The highest BCUT2D eigenvalue weighted by atomic mass is 16.5. The number of phenols is 1. The van der Waals surface area contributed by atoms with Crippen LogP contribution in [0.25, 0.3) is 11.3 Å². The Morgan fingerprint density at radius 2 is 1.70 bits per heavy atom. The minimum Gasteiger partial charge on any atom is -0.507 e. The van der Waals surface area contributed by atoms with E-state index in [1.165, 1.54) is 0 Å². The van der Waals surface area contributed by atoms with Crippen LogP contribution in [0.3, 0.4) is 0 Å². The van der Waals surface area contributed by atoms with Crippen molar-refractivity contribution in [3.05, 3.63) is 24.3 Å². The number of phenolic OH excluding ortho intramolecular Hbond substituents is 1. The molecule has 27 heavy (non-hydrogen) atoms. The largest absolute Gasteiger partial charge is 0.507 e. The second-order valence-electron chi connectivity index (χ2n) is 6.81. The first-order valence-corrected chi connectivity index (χ1v) is 8.93. The lowest BCUT2D eigenvalue weighted by atomic mass is 10.1. The second kappa shape index (κ2) is 7.18. The Morgan fingerprint density at radius 3 is 2.41 bits per heavy atom. The summed E-state index contributed by atoms with van der Waals surface area (Å²) in [7, 11) is 0. The van der Waals surface area contributed by atoms with Crippen LogP contribution in [-0.2, 0) is 4.74 Å². The maximum absolute atomic E-state index is 10.4. The fourth-order valence-electron chi connectivity index (χ4n) is 3.45. The summed E-state index contributed by atoms with van der Waals surface area (Å²) < 4.78 is 5.37. The van der Waals surface area contributed by atoms with Gasteiger partial charge in [0.25, 0.3) is 0 Å². The number of rotatable bonds is 3. The van der Waals surface area contributed by atoms with Gasteiger partial charge in [0.15, 0.2) is 0 Å². The molecule has 2 aliphatic heterocycles. The summed E-state index contributed by atoms with van der Waals surface area (Å²) in [6.07, 6.45) is -1.57. The van der Waals surface area contributed by atoms with Crippen molar-refractivity contribution in [2.24, 2.45) is 0 Å². The summed E-state index contributed by atoms with van der Waals surface area (Å²) in [5.74, 6) is 0.897. The van der Waals surface area contributed by atoms with Crippen molar-refractivity contribution in [3.8, 4) is 17.0 Å². The standard InChI is InChI=1S/C18H23N5O4/c19-18-20-13(8-17(21-18)22-3-5-27-6-4-22)12-7-11(1-2-14(12)24)23-9-15(25)16(26)10-23/h1-2,7-8,15-16,24-26H,3-6,9-10H2,(H2,19,20,21)/t15-,16-/m0/s1. The van der Waals surface area contributed by atoms with E-state index in [9.17, 15) is 15.3 Å². The van der Waals surface area contributed by atoms with Gasteiger partial charge in [0.05, 0.1) is 31.1 Å². The predicted molar refractivity (Wildman–Crippen MR) is 101 cm³/mol. The Kier molecular flexibility index (Phi) is 4.73. The summed E-state index contributed by atoms with van der Waals surface area (Å²) in [5.41, 5.74) is 7.73. The molecule has 0 aliphatic carbocycles. The zero-order chi connectivity index (χ0) is 19.0. The highest BCUT2D eigenvalue weighted by Crippen LogP contribution is 2.34. The van der Waals surface area contributed by atoms with Crippen LogP contribution in [0.4, 0.5) is 17.5 Å². The Labute approximate surface area is 156 Å². The van der Waals surface area contributed by atoms with Gasteiger partial charge in [0.2, 0.25) is 5.95 Å². The number of nitrogen functional groups attached to an aromatic ring is 1. The minimum atomic E-state index is -0.787. The number of hydrogen-bond donors (Lipinski definition) is 4. The third-order valence-corrected chi connectivity index (χ3v) is 4.95. The van der Waals surface area contributed by atoms with Crippen molar-refractivity contribution in [2.45, 2.75) is 12.2 Å². The van der Waals surface area contributed by atoms with Gasteiger partial charge < -0.3 is 35.6 Å². The molecule has 5 N–H and O–H groups in total. The van der Waals surface area contributed by atoms with Crippen molar-refractivity contribution >= 4 is 17.5 Å². The van der Waals surface area contributed by atoms with Crippen LogP contribution in [0.1, 0.15) is 0 Å². The van der Waals surface area contributed by atoms with Gasteiger partial charge in [-0.2, -0.15) is 4.98 Å². The lowest BCUT2D eigenvalue weighted by Gasteiger charge is -2.28. The maximum atomic E-state index is 10.4. The van der Waals surface area contributed by atoms with Gasteiger partial charge in [-0.1, -0.05) is 0 Å². The molecule has 2 aliphatic rings. The molecule has 2 fully saturated rings. The highest BCUT2D eigenvalue weighted by Gasteiger charge is 2.30. The molecule has 0 unspecified atom stereocenters. The van der Waals surface area contributed by atoms with Crippen molar-refractivity contribution in [1.29, 1.82) is 0 Å². The van der Waals surface area contributed by atoms with Gasteiger partial charge in [-0.15, -0.1) is 0 Å². The molecule has 4 rings (SSSR count). The van der Waals surface area contributed by atoms with E-state index in [0.717, 1.165) is 5.69 Å². The zero-order valence-corrected chi connectivity index (χ0v) is 14.8. The van der Waals surface area contributed by atoms with Gasteiger partial charge in [-0.25, -0.2) is 4.98 Å². The third-order valence-electron chi connectivity index (χ3n) is 4.95. The van der Waals surface area contributed by atoms with Crippen molar-refractivity contribution in [1.82, 2.24) is 9.97 Å². The lowest BCUT2D eigenvalue weighted by Crippen LogP contribution is -2.36. The number of ether oxygens (including phenoxy) is 1. The Bertz CT molecular complexity index is 817. The summed E-state index contributed by atoms with van der Waals surface area (Å²) >= 11 is 0. The number of hydrogen-bond acceptors (Lipinski definition) is 9. The average molecular weight is 373 g/mol. The van der Waals surface area contributed by atoms with Gasteiger partial charge in [-0.05, 0) is 18.2 Å². The van der Waals surface area contributed by atoms with Crippen LogP contribution in [0, 0.1) is 0 Å². The van der Waals surface area contributed by atoms with Gasteiger partial charge in [0.1, 0.15) is 11.6 Å². The van der Waals surface area contributed by atoms with E-state index in [1.807, 2.05) is 4.90 Å². The van der Waals surface area contributed by atoms with E-state index < -0.39 is 12.2 Å². The zero-order valence-electron chi connectivity index (χ0n) is 14.8. The second-order valence-corrected chi connectivity index (χ2v) is 6.81. The molecule has 0 amide bonds. The number of morpholine rings is 1. The molecule has 0 spiro atoms. The molecule has 2 atom stereocenters. The number of aromatic nitrogens is 2. The minimum absolute atomic E-state index is 0.0741. The fraction of sp³-hybridized carbons (Fsp3) is 0.444. The van der Waals surface area contributed by atoms with E-state index in [1.54, 1.807) is 24.3 Å². The Hall–Kier alpha value is -2.62. The number of aliphatic hydroxyl groups excluding tert-OH is 2. The van der Waals surface area contributed by atoms with Crippen LogP contribution >= 0.6 is 0 Å². The first-order valence-electron chi connectivity index (χ1n) is 8.93. The molecule has 0 saturated carbocycles.